The highest BCUT2D eigenvalue weighted by atomic mass is 31.2. The van der Waals surface area contributed by atoms with Gasteiger partial charge in [0.05, 0.1) is 18.5 Å². The molecule has 0 saturated heterocycles. The summed E-state index contributed by atoms with van der Waals surface area (Å²) in [5, 5.41) is 0. The maximum atomic E-state index is 12.7. The van der Waals surface area contributed by atoms with Crippen molar-refractivity contribution in [3.8, 4) is 0 Å². The number of rotatable bonds is 8. The lowest BCUT2D eigenvalue weighted by molar-refractivity contribution is 0.149. The molecule has 10 heteroatoms. The van der Waals surface area contributed by atoms with Gasteiger partial charge in [0.25, 0.3) is 0 Å². The van der Waals surface area contributed by atoms with Crippen LogP contribution in [0, 0.1) is 0 Å². The molecule has 0 aliphatic heterocycles. The summed E-state index contributed by atoms with van der Waals surface area (Å²) in [4.78, 5) is 12.2. The molecule has 0 amide bonds. The zero-order chi connectivity index (χ0) is 18.6. The number of nitrogens with two attached hydrogens (primary N) is 2. The first-order chi connectivity index (χ1) is 11.7. The van der Waals surface area contributed by atoms with Crippen molar-refractivity contribution in [2.75, 3.05) is 11.5 Å². The van der Waals surface area contributed by atoms with Gasteiger partial charge >= 0.3 is 7.60 Å². The van der Waals surface area contributed by atoms with E-state index in [2.05, 4.69) is 15.0 Å². The van der Waals surface area contributed by atoms with Crippen molar-refractivity contribution < 1.29 is 13.6 Å². The van der Waals surface area contributed by atoms with Crippen LogP contribution in [0.25, 0.3) is 11.2 Å². The number of allylic oxidation sites excluding steroid dienone is 1. The Morgan fingerprint density at radius 2 is 1.84 bits per heavy atom. The zero-order valence-corrected chi connectivity index (χ0v) is 15.8. The van der Waals surface area contributed by atoms with Crippen LogP contribution < -0.4 is 11.5 Å². The second-order valence-corrected chi connectivity index (χ2v) is 7.90. The topological polar surface area (TPSA) is 131 Å². The minimum absolute atomic E-state index is 0.0995. The summed E-state index contributed by atoms with van der Waals surface area (Å²) < 4.78 is 25.4. The van der Waals surface area contributed by atoms with E-state index in [0.29, 0.717) is 24.1 Å². The molecular formula is C15H25N6O3P. The molecule has 0 unspecified atom stereocenters. The first-order valence-electron chi connectivity index (χ1n) is 8.08. The molecule has 4 N–H and O–H groups in total. The lowest BCUT2D eigenvalue weighted by Crippen LogP contribution is -2.06. The van der Waals surface area contributed by atoms with Gasteiger partial charge in [-0.1, -0.05) is 6.08 Å². The van der Waals surface area contributed by atoms with Crippen LogP contribution in [0.1, 0.15) is 34.1 Å². The monoisotopic (exact) mass is 368 g/mol. The van der Waals surface area contributed by atoms with E-state index in [0.717, 1.165) is 0 Å². The van der Waals surface area contributed by atoms with Crippen LogP contribution in [-0.2, 0) is 20.2 Å². The van der Waals surface area contributed by atoms with E-state index in [4.69, 9.17) is 20.5 Å². The summed E-state index contributed by atoms with van der Waals surface area (Å²) in [6.07, 6.45) is 3.58. The Morgan fingerprint density at radius 3 is 2.44 bits per heavy atom. The Labute approximate surface area is 147 Å². The molecule has 0 spiro atoms. The molecule has 2 aromatic rings. The average molecular weight is 368 g/mol. The van der Waals surface area contributed by atoms with Gasteiger partial charge in [0, 0.05) is 12.4 Å². The quantitative estimate of drug-likeness (QED) is 0.680. The lowest BCUT2D eigenvalue weighted by atomic mass is 10.4. The van der Waals surface area contributed by atoms with Crippen molar-refractivity contribution >= 4 is 30.5 Å². The molecule has 0 saturated carbocycles. The maximum Gasteiger partial charge on any atom is 0.354 e. The highest BCUT2D eigenvalue weighted by Crippen LogP contribution is 2.52. The number of aromatic nitrogens is 4. The molecule has 0 atom stereocenters. The number of hydrogen-bond donors (Lipinski definition) is 2. The molecule has 138 valence electrons. The van der Waals surface area contributed by atoms with Gasteiger partial charge in [-0.15, -0.1) is 0 Å². The molecule has 0 aliphatic carbocycles. The molecule has 25 heavy (non-hydrogen) atoms. The van der Waals surface area contributed by atoms with Gasteiger partial charge in [-0.25, -0.2) is 4.98 Å². The Hall–Kier alpha value is -1.96. The molecule has 0 bridgehead atoms. The number of fused-ring (bicyclic) bond motifs is 1. The Balaban J connectivity index is 2.08. The fourth-order valence-electron chi connectivity index (χ4n) is 2.25. The van der Waals surface area contributed by atoms with Crippen LogP contribution in [0.15, 0.2) is 18.2 Å². The maximum absolute atomic E-state index is 12.7. The van der Waals surface area contributed by atoms with Crippen molar-refractivity contribution in [2.45, 2.75) is 52.9 Å². The number of hydrogen-bond acceptors (Lipinski definition) is 8. The average Bonchev–Trinajstić information content (AvgIpc) is 2.85. The van der Waals surface area contributed by atoms with Gasteiger partial charge in [-0.05, 0) is 34.1 Å². The van der Waals surface area contributed by atoms with Crippen molar-refractivity contribution in [3.05, 3.63) is 18.2 Å². The van der Waals surface area contributed by atoms with E-state index in [1.54, 1.807) is 12.4 Å². The first-order valence-corrected chi connectivity index (χ1v) is 9.69. The van der Waals surface area contributed by atoms with Crippen LogP contribution >= 0.6 is 7.60 Å². The van der Waals surface area contributed by atoms with Gasteiger partial charge in [0.15, 0.2) is 11.5 Å². The highest BCUT2D eigenvalue weighted by molar-refractivity contribution is 7.57. The molecule has 0 aromatic carbocycles. The Bertz CT molecular complexity index is 788. The van der Waals surface area contributed by atoms with Gasteiger partial charge in [0.1, 0.15) is 5.52 Å². The van der Waals surface area contributed by atoms with Crippen LogP contribution in [0.4, 0.5) is 11.8 Å². The molecule has 0 aliphatic rings. The SMILES string of the molecule is CC(C)OP(=O)(/C=C/CCn1cnc2c(N)nc(N)nc21)OC(C)C. The number of nitrogens with zero attached hydrogens (tertiary/aromatic N) is 4. The van der Waals surface area contributed by atoms with Crippen molar-refractivity contribution in [2.24, 2.45) is 0 Å². The number of imidazole rings is 1. The zero-order valence-electron chi connectivity index (χ0n) is 14.9. The molecule has 0 fully saturated rings. The molecule has 2 rings (SSSR count). The van der Waals surface area contributed by atoms with Gasteiger partial charge in [0.2, 0.25) is 5.95 Å². The minimum Gasteiger partial charge on any atom is -0.382 e. The summed E-state index contributed by atoms with van der Waals surface area (Å²) >= 11 is 0. The molecule has 2 aromatic heterocycles. The van der Waals surface area contributed by atoms with E-state index in [-0.39, 0.29) is 24.0 Å². The number of nitrogen functional groups attached to an aromatic ring is 2. The van der Waals surface area contributed by atoms with Crippen molar-refractivity contribution in [3.63, 3.8) is 0 Å². The molecule has 0 radical (unpaired) electrons. The highest BCUT2D eigenvalue weighted by Gasteiger charge is 2.23. The third-order valence-electron chi connectivity index (χ3n) is 3.05. The van der Waals surface area contributed by atoms with Crippen molar-refractivity contribution in [1.29, 1.82) is 0 Å². The normalized spacial score (nSPS) is 12.9. The summed E-state index contributed by atoms with van der Waals surface area (Å²) in [7, 11) is -3.27. The second kappa shape index (κ2) is 7.95. The molecule has 2 heterocycles. The smallest absolute Gasteiger partial charge is 0.354 e. The largest absolute Gasteiger partial charge is 0.382 e. The second-order valence-electron chi connectivity index (χ2n) is 6.10. The lowest BCUT2D eigenvalue weighted by Gasteiger charge is -2.19. The van der Waals surface area contributed by atoms with Crippen molar-refractivity contribution in [1.82, 2.24) is 19.5 Å². The summed E-state index contributed by atoms with van der Waals surface area (Å²) in [5.41, 5.74) is 12.5. The third-order valence-corrected chi connectivity index (χ3v) is 5.06. The summed E-state index contributed by atoms with van der Waals surface area (Å²) in [6.45, 7) is 7.82. The van der Waals surface area contributed by atoms with E-state index in [9.17, 15) is 4.57 Å². The molecule has 9 nitrogen and oxygen atoms in total. The van der Waals surface area contributed by atoms with E-state index >= 15 is 0 Å². The van der Waals surface area contributed by atoms with Crippen LogP contribution in [0.3, 0.4) is 0 Å². The van der Waals surface area contributed by atoms with Gasteiger partial charge in [-0.3, -0.25) is 4.57 Å². The summed E-state index contributed by atoms with van der Waals surface area (Å²) in [5.74, 6) is 1.85. The van der Waals surface area contributed by atoms with Crippen LogP contribution in [-0.4, -0.2) is 31.7 Å². The number of anilines is 2. The Morgan fingerprint density at radius 1 is 1.20 bits per heavy atom. The Kier molecular flexibility index (Phi) is 6.16. The fourth-order valence-corrected chi connectivity index (χ4v) is 4.02. The standard InChI is InChI=1S/C15H25N6O3P/c1-10(2)23-25(22,24-11(3)4)8-6-5-7-21-9-18-12-13(16)19-15(17)20-14(12)21/h6,8-11H,5,7H2,1-4H3,(H4,16,17,19,20)/b8-6+. The minimum atomic E-state index is -3.27. The predicted molar refractivity (Wildman–Crippen MR) is 98.0 cm³/mol. The summed E-state index contributed by atoms with van der Waals surface area (Å²) in [6, 6.07) is 0. The van der Waals surface area contributed by atoms with Crippen LogP contribution in [0.2, 0.25) is 0 Å². The third kappa shape index (κ3) is 5.26. The fraction of sp³-hybridized carbons (Fsp3) is 0.533. The number of aryl methyl sites for hydroxylation is 1. The predicted octanol–water partition coefficient (Wildman–Crippen LogP) is 2.94. The van der Waals surface area contributed by atoms with Gasteiger partial charge < -0.3 is 25.1 Å². The molecular weight excluding hydrogens is 343 g/mol. The van der Waals surface area contributed by atoms with E-state index in [1.165, 1.54) is 5.82 Å². The van der Waals surface area contributed by atoms with E-state index < -0.39 is 7.60 Å². The van der Waals surface area contributed by atoms with Crippen LogP contribution in [0.5, 0.6) is 0 Å². The van der Waals surface area contributed by atoms with E-state index in [1.807, 2.05) is 32.3 Å². The first kappa shape index (κ1) is 19.4. The van der Waals surface area contributed by atoms with Gasteiger partial charge in [-0.2, -0.15) is 9.97 Å².